The summed E-state index contributed by atoms with van der Waals surface area (Å²) < 4.78 is 0. The SMILES string of the molecule is CCCCNc1cnc2ccc(Cl)cc2c1-c1ccccc1. The van der Waals surface area contributed by atoms with Crippen LogP contribution >= 0.6 is 11.6 Å². The highest BCUT2D eigenvalue weighted by Crippen LogP contribution is 2.35. The molecule has 0 bridgehead atoms. The molecule has 0 aliphatic heterocycles. The smallest absolute Gasteiger partial charge is 0.0710 e. The van der Waals surface area contributed by atoms with Gasteiger partial charge in [-0.3, -0.25) is 4.98 Å². The average molecular weight is 311 g/mol. The van der Waals surface area contributed by atoms with E-state index in [2.05, 4.69) is 41.5 Å². The molecule has 1 N–H and O–H groups in total. The molecule has 2 aromatic carbocycles. The number of nitrogens with one attached hydrogen (secondary N) is 1. The standard InChI is InChI=1S/C19H19ClN2/c1-2-3-11-21-18-13-22-17-10-9-15(20)12-16(17)19(18)14-7-5-4-6-8-14/h4-10,12-13,21H,2-3,11H2,1H3. The maximum absolute atomic E-state index is 6.21. The number of unbranched alkanes of at least 4 members (excludes halogenated alkanes) is 1. The Morgan fingerprint density at radius 3 is 2.68 bits per heavy atom. The van der Waals surface area contributed by atoms with Crippen LogP contribution in [-0.2, 0) is 0 Å². The quantitative estimate of drug-likeness (QED) is 0.605. The molecule has 3 rings (SSSR count). The van der Waals surface area contributed by atoms with E-state index in [0.29, 0.717) is 0 Å². The van der Waals surface area contributed by atoms with Crippen LogP contribution in [0.15, 0.2) is 54.7 Å². The van der Waals surface area contributed by atoms with Crippen molar-refractivity contribution >= 4 is 28.2 Å². The summed E-state index contributed by atoms with van der Waals surface area (Å²) in [5.74, 6) is 0. The van der Waals surface area contributed by atoms with Crippen LogP contribution in [0, 0.1) is 0 Å². The Morgan fingerprint density at radius 2 is 1.91 bits per heavy atom. The normalized spacial score (nSPS) is 10.8. The highest BCUT2D eigenvalue weighted by molar-refractivity contribution is 6.31. The second kappa shape index (κ2) is 6.80. The van der Waals surface area contributed by atoms with Crippen molar-refractivity contribution < 1.29 is 0 Å². The summed E-state index contributed by atoms with van der Waals surface area (Å²) >= 11 is 6.21. The molecule has 0 saturated carbocycles. The third-order valence-electron chi connectivity index (χ3n) is 3.74. The molecule has 22 heavy (non-hydrogen) atoms. The first-order valence-corrected chi connectivity index (χ1v) is 8.05. The first-order valence-electron chi connectivity index (χ1n) is 7.67. The van der Waals surface area contributed by atoms with E-state index in [-0.39, 0.29) is 0 Å². The lowest BCUT2D eigenvalue weighted by Crippen LogP contribution is -2.03. The topological polar surface area (TPSA) is 24.9 Å². The Hall–Kier alpha value is -2.06. The van der Waals surface area contributed by atoms with Gasteiger partial charge in [0.05, 0.1) is 17.4 Å². The molecule has 2 nitrogen and oxygen atoms in total. The number of nitrogens with zero attached hydrogens (tertiary/aromatic N) is 1. The van der Waals surface area contributed by atoms with Gasteiger partial charge in [-0.2, -0.15) is 0 Å². The van der Waals surface area contributed by atoms with Crippen molar-refractivity contribution in [1.82, 2.24) is 4.98 Å². The average Bonchev–Trinajstić information content (AvgIpc) is 2.55. The van der Waals surface area contributed by atoms with Gasteiger partial charge >= 0.3 is 0 Å². The molecule has 0 fully saturated rings. The van der Waals surface area contributed by atoms with E-state index in [1.807, 2.05) is 30.5 Å². The van der Waals surface area contributed by atoms with Gasteiger partial charge in [0.1, 0.15) is 0 Å². The van der Waals surface area contributed by atoms with Crippen LogP contribution in [-0.4, -0.2) is 11.5 Å². The fraction of sp³-hybridized carbons (Fsp3) is 0.211. The van der Waals surface area contributed by atoms with Gasteiger partial charge in [-0.15, -0.1) is 0 Å². The lowest BCUT2D eigenvalue weighted by Gasteiger charge is -2.15. The monoisotopic (exact) mass is 310 g/mol. The van der Waals surface area contributed by atoms with Crippen LogP contribution in [0.5, 0.6) is 0 Å². The molecule has 0 spiro atoms. The minimum absolute atomic E-state index is 0.734. The van der Waals surface area contributed by atoms with Crippen LogP contribution in [0.4, 0.5) is 5.69 Å². The Balaban J connectivity index is 2.17. The molecular formula is C19H19ClN2. The fourth-order valence-corrected chi connectivity index (χ4v) is 2.79. The lowest BCUT2D eigenvalue weighted by atomic mass is 9.99. The molecule has 1 heterocycles. The minimum Gasteiger partial charge on any atom is -0.383 e. The van der Waals surface area contributed by atoms with Crippen molar-refractivity contribution in [2.45, 2.75) is 19.8 Å². The summed E-state index contributed by atoms with van der Waals surface area (Å²) in [4.78, 5) is 4.57. The van der Waals surface area contributed by atoms with E-state index in [9.17, 15) is 0 Å². The van der Waals surface area contributed by atoms with Gasteiger partial charge in [0.25, 0.3) is 0 Å². The summed E-state index contributed by atoms with van der Waals surface area (Å²) in [6.07, 6.45) is 4.23. The number of fused-ring (bicyclic) bond motifs is 1. The number of aromatic nitrogens is 1. The Bertz CT molecular complexity index is 769. The molecule has 0 atom stereocenters. The molecule has 112 valence electrons. The van der Waals surface area contributed by atoms with E-state index in [4.69, 9.17) is 11.6 Å². The number of pyridine rings is 1. The summed E-state index contributed by atoms with van der Waals surface area (Å²) in [5.41, 5.74) is 4.37. The van der Waals surface area contributed by atoms with Crippen LogP contribution in [0.3, 0.4) is 0 Å². The zero-order valence-electron chi connectivity index (χ0n) is 12.6. The first-order chi connectivity index (χ1) is 10.8. The molecule has 3 aromatic rings. The van der Waals surface area contributed by atoms with E-state index in [1.165, 1.54) is 17.5 Å². The van der Waals surface area contributed by atoms with E-state index in [0.717, 1.165) is 34.6 Å². The first kappa shape index (κ1) is 14.9. The van der Waals surface area contributed by atoms with Gasteiger partial charge in [0.15, 0.2) is 0 Å². The number of hydrogen-bond donors (Lipinski definition) is 1. The van der Waals surface area contributed by atoms with Crippen molar-refractivity contribution in [2.24, 2.45) is 0 Å². The van der Waals surface area contributed by atoms with Crippen LogP contribution in [0.1, 0.15) is 19.8 Å². The Kier molecular flexibility index (Phi) is 4.59. The van der Waals surface area contributed by atoms with Crippen LogP contribution in [0.2, 0.25) is 5.02 Å². The highest BCUT2D eigenvalue weighted by Gasteiger charge is 2.11. The van der Waals surface area contributed by atoms with Crippen molar-refractivity contribution in [3.63, 3.8) is 0 Å². The lowest BCUT2D eigenvalue weighted by molar-refractivity contribution is 0.834. The van der Waals surface area contributed by atoms with Gasteiger partial charge in [-0.05, 0) is 30.2 Å². The van der Waals surface area contributed by atoms with Crippen molar-refractivity contribution in [2.75, 3.05) is 11.9 Å². The van der Waals surface area contributed by atoms with Gasteiger partial charge in [-0.25, -0.2) is 0 Å². The van der Waals surface area contributed by atoms with Crippen molar-refractivity contribution in [3.8, 4) is 11.1 Å². The molecule has 0 saturated heterocycles. The number of anilines is 1. The number of benzene rings is 2. The summed E-state index contributed by atoms with van der Waals surface area (Å²) in [7, 11) is 0. The third-order valence-corrected chi connectivity index (χ3v) is 3.97. The molecule has 3 heteroatoms. The van der Waals surface area contributed by atoms with Gasteiger partial charge in [0, 0.05) is 22.5 Å². The maximum Gasteiger partial charge on any atom is 0.0710 e. The zero-order valence-corrected chi connectivity index (χ0v) is 13.4. The van der Waals surface area contributed by atoms with Crippen LogP contribution in [0.25, 0.3) is 22.0 Å². The highest BCUT2D eigenvalue weighted by atomic mass is 35.5. The predicted molar refractivity (Wildman–Crippen MR) is 95.6 cm³/mol. The summed E-state index contributed by atoms with van der Waals surface area (Å²) in [6.45, 7) is 3.14. The fourth-order valence-electron chi connectivity index (χ4n) is 2.61. The number of halogens is 1. The molecule has 0 aliphatic rings. The molecule has 0 amide bonds. The van der Waals surface area contributed by atoms with E-state index >= 15 is 0 Å². The Morgan fingerprint density at radius 1 is 1.09 bits per heavy atom. The molecular weight excluding hydrogens is 292 g/mol. The van der Waals surface area contributed by atoms with E-state index < -0.39 is 0 Å². The van der Waals surface area contributed by atoms with E-state index in [1.54, 1.807) is 0 Å². The second-order valence-corrected chi connectivity index (χ2v) is 5.79. The summed E-state index contributed by atoms with van der Waals surface area (Å²) in [6, 6.07) is 16.3. The predicted octanol–water partition coefficient (Wildman–Crippen LogP) is 5.77. The van der Waals surface area contributed by atoms with Gasteiger partial charge in [0.2, 0.25) is 0 Å². The number of rotatable bonds is 5. The molecule has 0 aliphatic carbocycles. The third kappa shape index (κ3) is 3.07. The van der Waals surface area contributed by atoms with Crippen molar-refractivity contribution in [1.29, 1.82) is 0 Å². The molecule has 1 aromatic heterocycles. The Labute approximate surface area is 136 Å². The molecule has 0 unspecified atom stereocenters. The number of hydrogen-bond acceptors (Lipinski definition) is 2. The minimum atomic E-state index is 0.734. The zero-order chi connectivity index (χ0) is 15.4. The largest absolute Gasteiger partial charge is 0.383 e. The van der Waals surface area contributed by atoms with Gasteiger partial charge < -0.3 is 5.32 Å². The van der Waals surface area contributed by atoms with Gasteiger partial charge in [-0.1, -0.05) is 55.3 Å². The van der Waals surface area contributed by atoms with Crippen molar-refractivity contribution in [3.05, 3.63) is 59.8 Å². The summed E-state index contributed by atoms with van der Waals surface area (Å²) in [5, 5.41) is 5.34. The van der Waals surface area contributed by atoms with Crippen LogP contribution < -0.4 is 5.32 Å². The maximum atomic E-state index is 6.21. The molecule has 0 radical (unpaired) electrons. The second-order valence-electron chi connectivity index (χ2n) is 5.35.